The standard InChI is InChI=1S/C17H20N6O2/c1-5-25-14-9-11(6-7-13(14)24-4)8-12(10-18)15-20-16(19)22-17(21-15)23(2)3/h6-9H,5H2,1-4H3,(H2,19,20,21,22). The van der Waals surface area contributed by atoms with E-state index in [1.54, 1.807) is 44.3 Å². The second kappa shape index (κ2) is 7.97. The molecule has 0 saturated heterocycles. The van der Waals surface area contributed by atoms with Gasteiger partial charge in [-0.1, -0.05) is 6.07 Å². The molecule has 0 aliphatic carbocycles. The van der Waals surface area contributed by atoms with Crippen LogP contribution in [0.15, 0.2) is 18.2 Å². The first-order chi connectivity index (χ1) is 12.0. The lowest BCUT2D eigenvalue weighted by molar-refractivity contribution is 0.311. The van der Waals surface area contributed by atoms with Crippen LogP contribution in [0.1, 0.15) is 18.3 Å². The Morgan fingerprint density at radius 3 is 2.64 bits per heavy atom. The van der Waals surface area contributed by atoms with E-state index in [9.17, 15) is 5.26 Å². The highest BCUT2D eigenvalue weighted by Gasteiger charge is 2.12. The molecule has 0 saturated carbocycles. The van der Waals surface area contributed by atoms with Gasteiger partial charge in [0.05, 0.1) is 19.3 Å². The van der Waals surface area contributed by atoms with Crippen LogP contribution in [0.2, 0.25) is 0 Å². The number of allylic oxidation sites excluding steroid dienone is 1. The van der Waals surface area contributed by atoms with Crippen molar-refractivity contribution in [1.82, 2.24) is 15.0 Å². The summed E-state index contributed by atoms with van der Waals surface area (Å²) in [5, 5.41) is 9.51. The van der Waals surface area contributed by atoms with Crippen LogP contribution in [0, 0.1) is 11.3 Å². The molecule has 2 N–H and O–H groups in total. The average molecular weight is 340 g/mol. The van der Waals surface area contributed by atoms with Crippen molar-refractivity contribution < 1.29 is 9.47 Å². The fraction of sp³-hybridized carbons (Fsp3) is 0.294. The first kappa shape index (κ1) is 18.0. The van der Waals surface area contributed by atoms with Crippen LogP contribution in [0.3, 0.4) is 0 Å². The number of nitriles is 1. The number of ether oxygens (including phenoxy) is 2. The highest BCUT2D eigenvalue weighted by atomic mass is 16.5. The predicted octanol–water partition coefficient (Wildman–Crippen LogP) is 1.99. The maximum absolute atomic E-state index is 9.51. The lowest BCUT2D eigenvalue weighted by atomic mass is 10.1. The van der Waals surface area contributed by atoms with Gasteiger partial charge in [-0.2, -0.15) is 20.2 Å². The quantitative estimate of drug-likeness (QED) is 0.795. The molecule has 0 spiro atoms. The second-order valence-corrected chi connectivity index (χ2v) is 5.22. The summed E-state index contributed by atoms with van der Waals surface area (Å²) in [6.07, 6.45) is 1.66. The van der Waals surface area contributed by atoms with E-state index in [0.717, 1.165) is 5.56 Å². The summed E-state index contributed by atoms with van der Waals surface area (Å²) in [4.78, 5) is 14.0. The Balaban J connectivity index is 2.48. The van der Waals surface area contributed by atoms with Gasteiger partial charge in [0.1, 0.15) is 6.07 Å². The molecule has 0 atom stereocenters. The van der Waals surface area contributed by atoms with Crippen LogP contribution in [0.25, 0.3) is 11.6 Å². The van der Waals surface area contributed by atoms with Gasteiger partial charge in [-0.3, -0.25) is 0 Å². The number of benzene rings is 1. The smallest absolute Gasteiger partial charge is 0.230 e. The first-order valence-electron chi connectivity index (χ1n) is 7.60. The molecule has 0 fully saturated rings. The van der Waals surface area contributed by atoms with Crippen LogP contribution >= 0.6 is 0 Å². The normalized spacial score (nSPS) is 10.9. The van der Waals surface area contributed by atoms with Crippen molar-refractivity contribution in [2.45, 2.75) is 6.92 Å². The summed E-state index contributed by atoms with van der Waals surface area (Å²) in [6, 6.07) is 7.48. The van der Waals surface area contributed by atoms with Crippen LogP contribution in [0.4, 0.5) is 11.9 Å². The molecule has 0 aliphatic rings. The van der Waals surface area contributed by atoms with Gasteiger partial charge in [0, 0.05) is 14.1 Å². The van der Waals surface area contributed by atoms with Gasteiger partial charge in [-0.05, 0) is 30.7 Å². The van der Waals surface area contributed by atoms with E-state index >= 15 is 0 Å². The number of anilines is 2. The number of hydrogen-bond acceptors (Lipinski definition) is 8. The second-order valence-electron chi connectivity index (χ2n) is 5.22. The van der Waals surface area contributed by atoms with Crippen LogP contribution in [-0.4, -0.2) is 42.8 Å². The summed E-state index contributed by atoms with van der Waals surface area (Å²) in [5.41, 5.74) is 6.75. The van der Waals surface area contributed by atoms with E-state index < -0.39 is 0 Å². The summed E-state index contributed by atoms with van der Waals surface area (Å²) in [6.45, 7) is 2.39. The Hall–Kier alpha value is -3.34. The Morgan fingerprint density at radius 2 is 2.04 bits per heavy atom. The summed E-state index contributed by atoms with van der Waals surface area (Å²) in [7, 11) is 5.14. The highest BCUT2D eigenvalue weighted by molar-refractivity contribution is 5.87. The number of aromatic nitrogens is 3. The van der Waals surface area contributed by atoms with Gasteiger partial charge >= 0.3 is 0 Å². The zero-order valence-electron chi connectivity index (χ0n) is 14.6. The van der Waals surface area contributed by atoms with E-state index in [2.05, 4.69) is 21.0 Å². The number of nitrogen functional groups attached to an aromatic ring is 1. The van der Waals surface area contributed by atoms with E-state index in [4.69, 9.17) is 15.2 Å². The van der Waals surface area contributed by atoms with Crippen LogP contribution < -0.4 is 20.1 Å². The van der Waals surface area contributed by atoms with Gasteiger partial charge < -0.3 is 20.1 Å². The molecule has 1 aromatic carbocycles. The first-order valence-corrected chi connectivity index (χ1v) is 7.60. The Kier molecular flexibility index (Phi) is 5.74. The summed E-state index contributed by atoms with van der Waals surface area (Å²) < 4.78 is 10.8. The lowest BCUT2D eigenvalue weighted by Crippen LogP contribution is -2.15. The monoisotopic (exact) mass is 340 g/mol. The molecule has 8 nitrogen and oxygen atoms in total. The zero-order chi connectivity index (χ0) is 18.4. The van der Waals surface area contributed by atoms with Crippen molar-refractivity contribution >= 4 is 23.5 Å². The van der Waals surface area contributed by atoms with E-state index in [0.29, 0.717) is 24.1 Å². The predicted molar refractivity (Wildman–Crippen MR) is 96.2 cm³/mol. The van der Waals surface area contributed by atoms with Crippen LogP contribution in [-0.2, 0) is 0 Å². The fourth-order valence-corrected chi connectivity index (χ4v) is 2.07. The Morgan fingerprint density at radius 1 is 1.28 bits per heavy atom. The maximum atomic E-state index is 9.51. The van der Waals surface area contributed by atoms with Crippen molar-refractivity contribution in [2.75, 3.05) is 38.4 Å². The number of methoxy groups -OCH3 is 1. The molecule has 0 aliphatic heterocycles. The summed E-state index contributed by atoms with van der Waals surface area (Å²) >= 11 is 0. The van der Waals surface area contributed by atoms with Crippen LogP contribution in [0.5, 0.6) is 11.5 Å². The van der Waals surface area contributed by atoms with Gasteiger partial charge in [0.15, 0.2) is 17.3 Å². The summed E-state index contributed by atoms with van der Waals surface area (Å²) in [5.74, 6) is 1.87. The van der Waals surface area contributed by atoms with Crippen molar-refractivity contribution in [3.63, 3.8) is 0 Å². The average Bonchev–Trinajstić information content (AvgIpc) is 2.59. The SMILES string of the molecule is CCOc1cc(C=C(C#N)c2nc(N)nc(N(C)C)n2)ccc1OC. The van der Waals surface area contributed by atoms with Gasteiger partial charge in [-0.25, -0.2) is 0 Å². The highest BCUT2D eigenvalue weighted by Crippen LogP contribution is 2.29. The molecule has 1 heterocycles. The number of nitrogens with two attached hydrogens (primary N) is 1. The maximum Gasteiger partial charge on any atom is 0.230 e. The molecule has 8 heteroatoms. The third kappa shape index (κ3) is 4.35. The molecule has 25 heavy (non-hydrogen) atoms. The molecule has 130 valence electrons. The minimum atomic E-state index is 0.0552. The number of rotatable bonds is 6. The molecule has 0 amide bonds. The van der Waals surface area contributed by atoms with Gasteiger partial charge in [0.2, 0.25) is 11.9 Å². The molecule has 2 aromatic rings. The Labute approximate surface area is 146 Å². The van der Waals surface area contributed by atoms with Crippen molar-refractivity contribution in [2.24, 2.45) is 0 Å². The van der Waals surface area contributed by atoms with Gasteiger partial charge in [-0.15, -0.1) is 0 Å². The molecule has 0 bridgehead atoms. The third-order valence-corrected chi connectivity index (χ3v) is 3.20. The number of nitrogens with zero attached hydrogens (tertiary/aromatic N) is 5. The largest absolute Gasteiger partial charge is 0.493 e. The molecular weight excluding hydrogens is 320 g/mol. The third-order valence-electron chi connectivity index (χ3n) is 3.20. The van der Waals surface area contributed by atoms with Crippen molar-refractivity contribution in [3.8, 4) is 17.6 Å². The molecular formula is C17H20N6O2. The molecule has 0 radical (unpaired) electrons. The molecule has 2 rings (SSSR count). The van der Waals surface area contributed by atoms with E-state index in [-0.39, 0.29) is 17.3 Å². The number of hydrogen-bond donors (Lipinski definition) is 1. The molecule has 0 unspecified atom stereocenters. The Bertz CT molecular complexity index is 826. The van der Waals surface area contributed by atoms with E-state index in [1.807, 2.05) is 13.0 Å². The van der Waals surface area contributed by atoms with Crippen molar-refractivity contribution in [3.05, 3.63) is 29.6 Å². The zero-order valence-corrected chi connectivity index (χ0v) is 14.6. The van der Waals surface area contributed by atoms with E-state index in [1.165, 1.54) is 0 Å². The topological polar surface area (TPSA) is 110 Å². The minimum Gasteiger partial charge on any atom is -0.493 e. The fourth-order valence-electron chi connectivity index (χ4n) is 2.07. The lowest BCUT2D eigenvalue weighted by Gasteiger charge is -2.11. The van der Waals surface area contributed by atoms with Crippen molar-refractivity contribution in [1.29, 1.82) is 5.26 Å². The minimum absolute atomic E-state index is 0.0552. The molecule has 1 aromatic heterocycles. The van der Waals surface area contributed by atoms with Gasteiger partial charge in [0.25, 0.3) is 0 Å².